The molecule has 6 nitrogen and oxygen atoms in total. The number of rotatable bonds is 7. The standard InChI is InChI=1S/C29H31Cl2FN4O2/c1-4-23(18-9-11-35(2)12-10-18)19-13-24-27(25(32)14-19)29(38-3,20-5-7-21(30)8-6-20)36(28(24)37)17-26-33-15-22(31)16-34-26/h5-8,13-16,18,23H,4,9-12,17H2,1-3H3/t23-,29+/m0/s1. The second-order valence-corrected chi connectivity index (χ2v) is 11.0. The van der Waals surface area contributed by atoms with Crippen molar-refractivity contribution in [2.45, 2.75) is 44.4 Å². The molecule has 1 fully saturated rings. The van der Waals surface area contributed by atoms with E-state index < -0.39 is 11.5 Å². The van der Waals surface area contributed by atoms with E-state index in [1.807, 2.05) is 6.07 Å². The number of fused-ring (bicyclic) bond motifs is 1. The summed E-state index contributed by atoms with van der Waals surface area (Å²) in [6, 6.07) is 10.4. The van der Waals surface area contributed by atoms with Crippen LogP contribution >= 0.6 is 23.2 Å². The quantitative estimate of drug-likeness (QED) is 0.343. The van der Waals surface area contributed by atoms with E-state index in [0.29, 0.717) is 32.9 Å². The first-order valence-corrected chi connectivity index (χ1v) is 13.7. The Morgan fingerprint density at radius 3 is 2.37 bits per heavy atom. The zero-order valence-electron chi connectivity index (χ0n) is 21.8. The van der Waals surface area contributed by atoms with Gasteiger partial charge in [-0.25, -0.2) is 14.4 Å². The van der Waals surface area contributed by atoms with Crippen molar-refractivity contribution in [1.82, 2.24) is 19.8 Å². The smallest absolute Gasteiger partial charge is 0.257 e. The van der Waals surface area contributed by atoms with E-state index in [1.165, 1.54) is 24.4 Å². The molecule has 0 bridgehead atoms. The molecule has 1 amide bonds. The van der Waals surface area contributed by atoms with Gasteiger partial charge in [0.15, 0.2) is 5.72 Å². The highest BCUT2D eigenvalue weighted by atomic mass is 35.5. The lowest BCUT2D eigenvalue weighted by atomic mass is 9.77. The van der Waals surface area contributed by atoms with Crippen molar-refractivity contribution in [3.63, 3.8) is 0 Å². The van der Waals surface area contributed by atoms with Crippen molar-refractivity contribution in [2.75, 3.05) is 27.2 Å². The van der Waals surface area contributed by atoms with E-state index in [2.05, 4.69) is 28.8 Å². The highest BCUT2D eigenvalue weighted by Gasteiger charge is 2.54. The molecule has 0 saturated carbocycles. The van der Waals surface area contributed by atoms with Crippen LogP contribution in [-0.2, 0) is 17.0 Å². The lowest BCUT2D eigenvalue weighted by Gasteiger charge is -2.38. The van der Waals surface area contributed by atoms with Gasteiger partial charge in [-0.15, -0.1) is 0 Å². The van der Waals surface area contributed by atoms with Gasteiger partial charge in [-0.1, -0.05) is 42.3 Å². The van der Waals surface area contributed by atoms with Crippen LogP contribution in [0, 0.1) is 11.7 Å². The Hall–Kier alpha value is -2.58. The number of methoxy groups -OCH3 is 1. The molecule has 0 unspecified atom stereocenters. The number of aromatic nitrogens is 2. The van der Waals surface area contributed by atoms with Crippen molar-refractivity contribution >= 4 is 29.1 Å². The van der Waals surface area contributed by atoms with Crippen LogP contribution in [0.2, 0.25) is 10.0 Å². The van der Waals surface area contributed by atoms with Gasteiger partial charge >= 0.3 is 0 Å². The predicted octanol–water partition coefficient (Wildman–Crippen LogP) is 6.26. The molecule has 200 valence electrons. The molecule has 0 radical (unpaired) electrons. The van der Waals surface area contributed by atoms with Crippen LogP contribution in [0.5, 0.6) is 0 Å². The van der Waals surface area contributed by atoms with Crippen LogP contribution in [-0.4, -0.2) is 52.9 Å². The second-order valence-electron chi connectivity index (χ2n) is 10.1. The molecule has 1 aromatic heterocycles. The van der Waals surface area contributed by atoms with E-state index in [4.69, 9.17) is 27.9 Å². The minimum absolute atomic E-state index is 0.00207. The van der Waals surface area contributed by atoms with Gasteiger partial charge < -0.3 is 9.64 Å². The SMILES string of the molecule is CC[C@H](c1cc(F)c2c(c1)C(=O)N(Cc1ncc(Cl)cn1)[C@@]2(OC)c1ccc(Cl)cc1)C1CCN(C)CC1. The maximum Gasteiger partial charge on any atom is 0.257 e. The Labute approximate surface area is 232 Å². The number of piperidine rings is 1. The number of amides is 1. The number of hydrogen-bond donors (Lipinski definition) is 0. The highest BCUT2D eigenvalue weighted by Crippen LogP contribution is 2.48. The Balaban J connectivity index is 1.64. The lowest BCUT2D eigenvalue weighted by molar-refractivity contribution is -0.0890. The monoisotopic (exact) mass is 556 g/mol. The summed E-state index contributed by atoms with van der Waals surface area (Å²) >= 11 is 12.2. The molecule has 0 aliphatic carbocycles. The fourth-order valence-electron chi connectivity index (χ4n) is 6.10. The largest absolute Gasteiger partial charge is 0.350 e. The van der Waals surface area contributed by atoms with Crippen LogP contribution in [0.1, 0.15) is 65.0 Å². The average Bonchev–Trinajstić information content (AvgIpc) is 3.16. The van der Waals surface area contributed by atoms with Crippen molar-refractivity contribution in [2.24, 2.45) is 5.92 Å². The Morgan fingerprint density at radius 1 is 1.11 bits per heavy atom. The van der Waals surface area contributed by atoms with Gasteiger partial charge in [0.2, 0.25) is 0 Å². The summed E-state index contributed by atoms with van der Waals surface area (Å²) in [6.07, 6.45) is 5.92. The van der Waals surface area contributed by atoms with Crippen molar-refractivity contribution in [3.8, 4) is 0 Å². The maximum atomic E-state index is 16.3. The molecule has 2 aliphatic rings. The summed E-state index contributed by atoms with van der Waals surface area (Å²) in [4.78, 5) is 26.5. The molecule has 0 N–H and O–H groups in total. The molecule has 2 aromatic carbocycles. The molecule has 2 atom stereocenters. The summed E-state index contributed by atoms with van der Waals surface area (Å²) < 4.78 is 22.4. The van der Waals surface area contributed by atoms with Crippen LogP contribution in [0.15, 0.2) is 48.8 Å². The molecule has 3 heterocycles. The third kappa shape index (κ3) is 4.70. The number of likely N-dealkylation sites (tertiary alicyclic amines) is 1. The Bertz CT molecular complexity index is 1310. The zero-order chi connectivity index (χ0) is 27.0. The van der Waals surface area contributed by atoms with Gasteiger partial charge in [0.1, 0.15) is 11.6 Å². The normalized spacial score (nSPS) is 21.1. The first-order chi connectivity index (χ1) is 18.3. The average molecular weight is 557 g/mol. The molecule has 1 saturated heterocycles. The molecular weight excluding hydrogens is 526 g/mol. The predicted molar refractivity (Wildman–Crippen MR) is 146 cm³/mol. The number of nitrogens with zero attached hydrogens (tertiary/aromatic N) is 4. The van der Waals surface area contributed by atoms with Gasteiger partial charge in [0.25, 0.3) is 5.91 Å². The van der Waals surface area contributed by atoms with Gasteiger partial charge in [-0.3, -0.25) is 9.69 Å². The first-order valence-electron chi connectivity index (χ1n) is 12.9. The number of ether oxygens (including phenoxy) is 1. The third-order valence-electron chi connectivity index (χ3n) is 8.01. The zero-order valence-corrected chi connectivity index (χ0v) is 23.3. The van der Waals surface area contributed by atoms with E-state index >= 15 is 4.39 Å². The van der Waals surface area contributed by atoms with Crippen LogP contribution in [0.25, 0.3) is 0 Å². The number of carbonyl (C=O) groups is 1. The summed E-state index contributed by atoms with van der Waals surface area (Å²) in [5, 5.41) is 0.910. The number of hydrogen-bond acceptors (Lipinski definition) is 5. The van der Waals surface area contributed by atoms with Gasteiger partial charge in [0, 0.05) is 30.1 Å². The van der Waals surface area contributed by atoms with Crippen LogP contribution in [0.4, 0.5) is 4.39 Å². The minimum Gasteiger partial charge on any atom is -0.350 e. The summed E-state index contributed by atoms with van der Waals surface area (Å²) in [7, 11) is 3.61. The molecule has 9 heteroatoms. The molecule has 2 aliphatic heterocycles. The van der Waals surface area contributed by atoms with Crippen LogP contribution < -0.4 is 0 Å². The minimum atomic E-state index is -1.52. The van der Waals surface area contributed by atoms with Gasteiger partial charge in [-0.05, 0) is 81.1 Å². The molecule has 5 rings (SSSR count). The van der Waals surface area contributed by atoms with E-state index in [-0.39, 0.29) is 23.9 Å². The van der Waals surface area contributed by atoms with E-state index in [0.717, 1.165) is 37.9 Å². The lowest BCUT2D eigenvalue weighted by Crippen LogP contribution is -2.46. The third-order valence-corrected chi connectivity index (χ3v) is 8.46. The Morgan fingerprint density at radius 2 is 1.76 bits per heavy atom. The number of halogens is 3. The van der Waals surface area contributed by atoms with Crippen molar-refractivity contribution in [3.05, 3.63) is 92.7 Å². The Kier molecular flexibility index (Phi) is 7.74. The number of carbonyl (C=O) groups excluding carboxylic acids is 1. The fourth-order valence-corrected chi connectivity index (χ4v) is 6.33. The first kappa shape index (κ1) is 27.0. The summed E-state index contributed by atoms with van der Waals surface area (Å²) in [5.74, 6) is 0.164. The van der Waals surface area contributed by atoms with E-state index in [9.17, 15) is 4.79 Å². The fraction of sp³-hybridized carbons (Fsp3) is 0.414. The molecule has 0 spiro atoms. The van der Waals surface area contributed by atoms with Crippen molar-refractivity contribution < 1.29 is 13.9 Å². The van der Waals surface area contributed by atoms with Gasteiger partial charge in [-0.2, -0.15) is 0 Å². The number of benzene rings is 2. The topological polar surface area (TPSA) is 58.6 Å². The summed E-state index contributed by atoms with van der Waals surface area (Å²) in [5.41, 5.74) is 0.426. The van der Waals surface area contributed by atoms with Gasteiger partial charge in [0.05, 0.1) is 22.7 Å². The molecule has 38 heavy (non-hydrogen) atoms. The van der Waals surface area contributed by atoms with Crippen molar-refractivity contribution in [1.29, 1.82) is 0 Å². The van der Waals surface area contributed by atoms with Crippen LogP contribution in [0.3, 0.4) is 0 Å². The highest BCUT2D eigenvalue weighted by molar-refractivity contribution is 6.30. The van der Waals surface area contributed by atoms with E-state index in [1.54, 1.807) is 30.3 Å². The molecular formula is C29H31Cl2FN4O2. The summed E-state index contributed by atoms with van der Waals surface area (Å²) in [6.45, 7) is 4.17. The molecule has 3 aromatic rings. The second kappa shape index (κ2) is 10.9. The maximum absolute atomic E-state index is 16.3.